The van der Waals surface area contributed by atoms with Crippen LogP contribution in [0, 0.1) is 12.7 Å². The van der Waals surface area contributed by atoms with Crippen molar-refractivity contribution in [2.24, 2.45) is 0 Å². The monoisotopic (exact) mass is 351 g/mol. The number of hydrogen-bond acceptors (Lipinski definition) is 3. The number of aromatic nitrogens is 2. The van der Waals surface area contributed by atoms with E-state index in [1.165, 1.54) is 10.6 Å². The van der Waals surface area contributed by atoms with Crippen LogP contribution >= 0.6 is 0 Å². The molecule has 1 aliphatic rings. The Kier molecular flexibility index (Phi) is 4.16. The van der Waals surface area contributed by atoms with Gasteiger partial charge >= 0.3 is 6.03 Å². The molecule has 2 heterocycles. The molecule has 5 nitrogen and oxygen atoms in total. The van der Waals surface area contributed by atoms with Crippen LogP contribution in [-0.4, -0.2) is 22.1 Å². The van der Waals surface area contributed by atoms with Crippen molar-refractivity contribution in [2.75, 3.05) is 11.4 Å². The van der Waals surface area contributed by atoms with Crippen LogP contribution in [0.5, 0.6) is 5.75 Å². The topological polar surface area (TPSA) is 47.4 Å². The molecule has 0 aliphatic carbocycles. The third-order valence-corrected chi connectivity index (χ3v) is 4.42. The lowest BCUT2D eigenvalue weighted by Crippen LogP contribution is -2.41. The van der Waals surface area contributed by atoms with E-state index in [1.807, 2.05) is 30.3 Å². The zero-order valence-corrected chi connectivity index (χ0v) is 14.4. The lowest BCUT2D eigenvalue weighted by atomic mass is 10.2. The summed E-state index contributed by atoms with van der Waals surface area (Å²) in [6.07, 6.45) is 2.30. The van der Waals surface area contributed by atoms with Gasteiger partial charge in [-0.05, 0) is 36.8 Å². The Balaban J connectivity index is 1.53. The first-order valence-electron chi connectivity index (χ1n) is 8.45. The van der Waals surface area contributed by atoms with Crippen molar-refractivity contribution in [1.82, 2.24) is 9.55 Å². The number of hydrogen-bond donors (Lipinski definition) is 0. The minimum atomic E-state index is -0.316. The van der Waals surface area contributed by atoms with Crippen molar-refractivity contribution in [1.29, 1.82) is 0 Å². The molecule has 4 rings (SSSR count). The first-order valence-corrected chi connectivity index (χ1v) is 8.45. The highest BCUT2D eigenvalue weighted by atomic mass is 19.1. The molecule has 0 unspecified atom stereocenters. The number of carbonyl (C=O) groups excluding carboxylic acids is 1. The van der Waals surface area contributed by atoms with E-state index in [9.17, 15) is 9.18 Å². The number of benzene rings is 2. The molecule has 6 heteroatoms. The van der Waals surface area contributed by atoms with E-state index in [1.54, 1.807) is 30.2 Å². The molecule has 1 amide bonds. The van der Waals surface area contributed by atoms with E-state index in [2.05, 4.69) is 4.98 Å². The minimum Gasteiger partial charge on any atom is -0.487 e. The van der Waals surface area contributed by atoms with Gasteiger partial charge < -0.3 is 4.74 Å². The Labute approximate surface area is 150 Å². The fraction of sp³-hybridized carbons (Fsp3) is 0.200. The highest BCUT2D eigenvalue weighted by Gasteiger charge is 2.27. The van der Waals surface area contributed by atoms with Gasteiger partial charge in [-0.1, -0.05) is 24.3 Å². The van der Waals surface area contributed by atoms with E-state index in [4.69, 9.17) is 4.74 Å². The van der Waals surface area contributed by atoms with Crippen molar-refractivity contribution in [3.63, 3.8) is 0 Å². The fourth-order valence-corrected chi connectivity index (χ4v) is 2.98. The first kappa shape index (κ1) is 16.3. The summed E-state index contributed by atoms with van der Waals surface area (Å²) in [4.78, 5) is 18.8. The van der Waals surface area contributed by atoms with Crippen molar-refractivity contribution in [2.45, 2.75) is 20.0 Å². The van der Waals surface area contributed by atoms with Gasteiger partial charge in [0.25, 0.3) is 0 Å². The average Bonchev–Trinajstić information content (AvgIpc) is 3.08. The molecule has 0 saturated carbocycles. The zero-order valence-electron chi connectivity index (χ0n) is 14.4. The average molecular weight is 351 g/mol. The molecule has 1 aliphatic heterocycles. The van der Waals surface area contributed by atoms with Crippen LogP contribution in [0.25, 0.3) is 0 Å². The molecular formula is C20H18FN3O2. The number of carbonyl (C=O) groups is 1. The predicted molar refractivity (Wildman–Crippen MR) is 96.0 cm³/mol. The summed E-state index contributed by atoms with van der Waals surface area (Å²) < 4.78 is 21.1. The Hall–Kier alpha value is -3.15. The standard InChI is InChI=1S/C20H18FN3O2/c1-14-7-8-16(11-18(14)21)23-10-9-19-22-15(12-24(19)20(23)25)13-26-17-5-3-2-4-6-17/h2-8,11-12H,9-10,13H2,1H3. The van der Waals surface area contributed by atoms with Gasteiger partial charge in [0.15, 0.2) is 0 Å². The molecule has 0 radical (unpaired) electrons. The summed E-state index contributed by atoms with van der Waals surface area (Å²) >= 11 is 0. The van der Waals surface area contributed by atoms with Gasteiger partial charge in [0.1, 0.15) is 24.0 Å². The van der Waals surface area contributed by atoms with Gasteiger partial charge in [-0.15, -0.1) is 0 Å². The molecule has 3 aromatic rings. The molecule has 132 valence electrons. The summed E-state index contributed by atoms with van der Waals surface area (Å²) in [7, 11) is 0. The summed E-state index contributed by atoms with van der Waals surface area (Å²) in [5.41, 5.74) is 1.80. The first-order chi connectivity index (χ1) is 12.6. The molecule has 2 aromatic carbocycles. The number of ether oxygens (including phenoxy) is 1. The lowest BCUT2D eigenvalue weighted by molar-refractivity contribution is 0.245. The van der Waals surface area contributed by atoms with Gasteiger partial charge in [-0.3, -0.25) is 9.47 Å². The largest absolute Gasteiger partial charge is 0.487 e. The molecule has 0 spiro atoms. The smallest absolute Gasteiger partial charge is 0.334 e. The summed E-state index contributed by atoms with van der Waals surface area (Å²) in [5, 5.41) is 0. The normalized spacial score (nSPS) is 13.6. The number of para-hydroxylation sites is 1. The second-order valence-corrected chi connectivity index (χ2v) is 6.24. The van der Waals surface area contributed by atoms with Crippen LogP contribution in [-0.2, 0) is 13.0 Å². The number of anilines is 1. The van der Waals surface area contributed by atoms with E-state index in [0.29, 0.717) is 35.7 Å². The molecule has 0 fully saturated rings. The Morgan fingerprint density at radius 2 is 2.00 bits per heavy atom. The van der Waals surface area contributed by atoms with Crippen LogP contribution in [0.15, 0.2) is 54.7 Å². The highest BCUT2D eigenvalue weighted by molar-refractivity contribution is 5.95. The molecule has 1 aromatic heterocycles. The summed E-state index contributed by atoms with van der Waals surface area (Å²) in [6, 6.07) is 14.1. The van der Waals surface area contributed by atoms with Crippen LogP contribution in [0.2, 0.25) is 0 Å². The second kappa shape index (κ2) is 6.63. The maximum absolute atomic E-state index is 13.8. The maximum atomic E-state index is 13.8. The molecule has 0 N–H and O–H groups in total. The van der Waals surface area contributed by atoms with E-state index < -0.39 is 0 Å². The van der Waals surface area contributed by atoms with Gasteiger partial charge in [0.2, 0.25) is 0 Å². The Bertz CT molecular complexity index is 953. The summed E-state index contributed by atoms with van der Waals surface area (Å²) in [6.45, 7) is 2.46. The third kappa shape index (κ3) is 3.06. The zero-order chi connectivity index (χ0) is 18.1. The second-order valence-electron chi connectivity index (χ2n) is 6.24. The Morgan fingerprint density at radius 1 is 1.19 bits per heavy atom. The van der Waals surface area contributed by atoms with E-state index in [-0.39, 0.29) is 18.5 Å². The number of fused-ring (bicyclic) bond motifs is 1. The van der Waals surface area contributed by atoms with Crippen molar-refractivity contribution >= 4 is 11.7 Å². The quantitative estimate of drug-likeness (QED) is 0.715. The predicted octanol–water partition coefficient (Wildman–Crippen LogP) is 3.94. The van der Waals surface area contributed by atoms with Crippen LogP contribution < -0.4 is 9.64 Å². The number of rotatable bonds is 4. The van der Waals surface area contributed by atoms with Crippen LogP contribution in [0.3, 0.4) is 0 Å². The SMILES string of the molecule is Cc1ccc(N2CCc3nc(COc4ccccc4)cn3C2=O)cc1F. The van der Waals surface area contributed by atoms with Gasteiger partial charge in [0, 0.05) is 24.8 Å². The van der Waals surface area contributed by atoms with Gasteiger partial charge in [-0.25, -0.2) is 14.2 Å². The van der Waals surface area contributed by atoms with E-state index in [0.717, 1.165) is 5.75 Å². The number of halogens is 1. The number of imidazole rings is 1. The van der Waals surface area contributed by atoms with Crippen molar-refractivity contribution in [3.05, 3.63) is 77.6 Å². The van der Waals surface area contributed by atoms with Crippen LogP contribution in [0.4, 0.5) is 14.9 Å². The van der Waals surface area contributed by atoms with Crippen molar-refractivity contribution in [3.8, 4) is 5.75 Å². The number of aryl methyl sites for hydroxylation is 1. The number of amides is 1. The third-order valence-electron chi connectivity index (χ3n) is 4.42. The molecule has 0 saturated heterocycles. The molecule has 0 bridgehead atoms. The molecule has 0 atom stereocenters. The van der Waals surface area contributed by atoms with Crippen molar-refractivity contribution < 1.29 is 13.9 Å². The van der Waals surface area contributed by atoms with Crippen LogP contribution in [0.1, 0.15) is 17.1 Å². The maximum Gasteiger partial charge on any atom is 0.334 e. The molecular weight excluding hydrogens is 333 g/mol. The number of nitrogens with zero attached hydrogens (tertiary/aromatic N) is 3. The molecule has 26 heavy (non-hydrogen) atoms. The Morgan fingerprint density at radius 3 is 2.77 bits per heavy atom. The lowest BCUT2D eigenvalue weighted by Gasteiger charge is -2.27. The van der Waals surface area contributed by atoms with E-state index >= 15 is 0 Å². The van der Waals surface area contributed by atoms with Gasteiger partial charge in [0.05, 0.1) is 5.69 Å². The highest BCUT2D eigenvalue weighted by Crippen LogP contribution is 2.23. The summed E-state index contributed by atoms with van der Waals surface area (Å²) in [5.74, 6) is 1.13. The fourth-order valence-electron chi connectivity index (χ4n) is 2.98. The minimum absolute atomic E-state index is 0.229. The van der Waals surface area contributed by atoms with Gasteiger partial charge in [-0.2, -0.15) is 0 Å².